The molecule has 0 aromatic heterocycles. The van der Waals surface area contributed by atoms with Gasteiger partial charge in [0, 0.05) is 0 Å². The van der Waals surface area contributed by atoms with Crippen LogP contribution < -0.4 is 5.96 Å². The van der Waals surface area contributed by atoms with Gasteiger partial charge in [-0.2, -0.15) is 5.96 Å². The van der Waals surface area contributed by atoms with Crippen molar-refractivity contribution < 1.29 is 9.19 Å². The van der Waals surface area contributed by atoms with Crippen molar-refractivity contribution in [1.82, 2.24) is 0 Å². The van der Waals surface area contributed by atoms with Crippen molar-refractivity contribution in [2.24, 2.45) is 5.96 Å². The van der Waals surface area contributed by atoms with Crippen molar-refractivity contribution in [1.29, 1.82) is 0 Å². The van der Waals surface area contributed by atoms with Gasteiger partial charge in [-0.3, -0.25) is 4.70 Å². The van der Waals surface area contributed by atoms with Crippen LogP contribution in [0.1, 0.15) is 0 Å². The van der Waals surface area contributed by atoms with Crippen LogP contribution in [-0.2, 0) is 0 Å². The van der Waals surface area contributed by atoms with E-state index in [4.69, 9.17) is 4.48 Å². The Morgan fingerprint density at radius 3 is 1.25 bits per heavy atom. The van der Waals surface area contributed by atoms with Gasteiger partial charge in [-0.15, -0.1) is 4.48 Å². The number of rotatable bonds is 0. The fraction of sp³-hybridized carbons (Fsp3) is 0. The molecule has 0 aliphatic heterocycles. The van der Waals surface area contributed by atoms with Crippen LogP contribution in [-0.4, -0.2) is 23.9 Å². The van der Waals surface area contributed by atoms with Crippen LogP contribution in [0.2, 0.25) is 0 Å². The summed E-state index contributed by atoms with van der Waals surface area (Å²) in [6.07, 6.45) is 0. The van der Waals surface area contributed by atoms with E-state index in [-0.39, 0.29) is 28.6 Å². The second-order valence-electron chi connectivity index (χ2n) is 0. The molecule has 2 N–H and O–H groups in total. The first-order valence-electron chi connectivity index (χ1n) is 0.218. The van der Waals surface area contributed by atoms with Crippen LogP contribution in [0.25, 0.3) is 0 Å². The van der Waals surface area contributed by atoms with Gasteiger partial charge in [0.05, 0.1) is 0 Å². The monoisotopic (exact) mass is 177 g/mol. The number of hydrogen-bond acceptors (Lipinski definition) is 1. The molecule has 0 rings (SSSR count). The van der Waals surface area contributed by atoms with Crippen molar-refractivity contribution in [2.75, 3.05) is 0 Å². The summed E-state index contributed by atoms with van der Waals surface area (Å²) in [5.41, 5.74) is 0. The predicted octanol–water partition coefficient (Wildman–Crippen LogP) is -0.934. The van der Waals surface area contributed by atoms with Crippen molar-refractivity contribution in [3.63, 3.8) is 0 Å². The van der Waals surface area contributed by atoms with Gasteiger partial charge in [0.15, 0.2) is 0 Å². The maximum atomic E-state index is 9.00. The van der Waals surface area contributed by atoms with Crippen LogP contribution in [0, 0.1) is 0 Å². The molecule has 4 heteroatoms. The molecule has 2 radical (unpaired) electrons. The van der Waals surface area contributed by atoms with Gasteiger partial charge >= 0.3 is 23.9 Å². The van der Waals surface area contributed by atoms with Gasteiger partial charge in [-0.05, 0) is 0 Å². The molecule has 0 aliphatic rings. The molecule has 4 heavy (non-hydrogen) atoms. The summed E-state index contributed by atoms with van der Waals surface area (Å²) in [4.78, 5) is 0. The van der Waals surface area contributed by atoms with Gasteiger partial charge in [-0.25, -0.2) is 0 Å². The summed E-state index contributed by atoms with van der Waals surface area (Å²) < 4.78 is 9.00. The molecule has 0 aromatic carbocycles. The van der Waals surface area contributed by atoms with Gasteiger partial charge in [0.2, 0.25) is 0 Å². The molecule has 0 spiro atoms. The molecule has 0 saturated carbocycles. The minimum absolute atomic E-state index is 0. The number of nitrogens with two attached hydrogens (primary N) is 1. The van der Waals surface area contributed by atoms with Crippen LogP contribution in [0.4, 0.5) is 9.19 Å². The van der Waals surface area contributed by atoms with Crippen molar-refractivity contribution in [2.45, 2.75) is 0 Å². The van der Waals surface area contributed by atoms with Crippen molar-refractivity contribution in [3.05, 3.63) is 0 Å². The third-order valence-electron chi connectivity index (χ3n) is 0. The molecule has 0 saturated heterocycles. The molecule has 0 atom stereocenters. The second-order valence-corrected chi connectivity index (χ2v) is 0. The SMILES string of the molecule is F.NF.[SnH2]. The van der Waals surface area contributed by atoms with Crippen LogP contribution in [0.15, 0.2) is 0 Å². The van der Waals surface area contributed by atoms with E-state index in [0.29, 0.717) is 0 Å². The molecule has 0 aliphatic carbocycles. The summed E-state index contributed by atoms with van der Waals surface area (Å²) in [6, 6.07) is 0. The van der Waals surface area contributed by atoms with E-state index in [1.54, 1.807) is 0 Å². The van der Waals surface area contributed by atoms with E-state index in [9.17, 15) is 0 Å². The van der Waals surface area contributed by atoms with E-state index in [1.807, 2.05) is 0 Å². The first-order chi connectivity index (χ1) is 1.00. The average molecular weight is 176 g/mol. The summed E-state index contributed by atoms with van der Waals surface area (Å²) >= 11 is 0. The molecule has 0 amide bonds. The Labute approximate surface area is 39.6 Å². The Morgan fingerprint density at radius 1 is 1.25 bits per heavy atom. The fourth-order valence-electron chi connectivity index (χ4n) is 0. The second kappa shape index (κ2) is 64.8. The third kappa shape index (κ3) is 17.9. The standard InChI is InChI=1S/FH2N.FH.Sn.2H/c1-2;;;;/h2H2;1H;;;. The van der Waals surface area contributed by atoms with Crippen LogP contribution in [0.5, 0.6) is 0 Å². The Balaban J connectivity index is -0.00000000500. The van der Waals surface area contributed by atoms with Crippen molar-refractivity contribution in [3.8, 4) is 0 Å². The van der Waals surface area contributed by atoms with E-state index >= 15 is 0 Å². The average Bonchev–Trinajstić information content (AvgIpc) is 1.00. The zero-order valence-electron chi connectivity index (χ0n) is 2.07. The van der Waals surface area contributed by atoms with Gasteiger partial charge in [0.1, 0.15) is 0 Å². The Hall–Kier alpha value is 0.619. The molecule has 0 bridgehead atoms. The Morgan fingerprint density at radius 2 is 1.25 bits per heavy atom. The van der Waals surface area contributed by atoms with E-state index in [0.717, 1.165) is 0 Å². The van der Waals surface area contributed by atoms with E-state index in [1.165, 1.54) is 0 Å². The van der Waals surface area contributed by atoms with Crippen LogP contribution in [0.3, 0.4) is 0 Å². The zero-order chi connectivity index (χ0) is 2.00. The topological polar surface area (TPSA) is 26.0 Å². The van der Waals surface area contributed by atoms with Gasteiger partial charge in [-0.1, -0.05) is 0 Å². The normalized spacial score (nSPS) is 1.50. The third-order valence-corrected chi connectivity index (χ3v) is 0. The Bertz CT molecular complexity index is 6.00. The fourth-order valence-corrected chi connectivity index (χ4v) is 0. The first-order valence-corrected chi connectivity index (χ1v) is 0.218. The summed E-state index contributed by atoms with van der Waals surface area (Å²) in [5, 5.41) is 0. The van der Waals surface area contributed by atoms with Gasteiger partial charge < -0.3 is 0 Å². The first kappa shape index (κ1) is 23.1. The number of hydrogen-bond donors (Lipinski definition) is 1. The molecule has 0 heterocycles. The van der Waals surface area contributed by atoms with Crippen LogP contribution >= 0.6 is 0 Å². The quantitative estimate of drug-likeness (QED) is 0.374. The van der Waals surface area contributed by atoms with E-state index < -0.39 is 0 Å². The zero-order valence-corrected chi connectivity index (χ0v) is 6.11. The molecule has 0 unspecified atom stereocenters. The molecular formula is H5F2NSn. The molecule has 0 fully saturated rings. The molecule has 0 aromatic rings. The van der Waals surface area contributed by atoms with Gasteiger partial charge in [0.25, 0.3) is 0 Å². The van der Waals surface area contributed by atoms with E-state index in [2.05, 4.69) is 5.96 Å². The molecule has 1 nitrogen and oxygen atoms in total. The molecular weight excluding hydrogens is 171 g/mol. The van der Waals surface area contributed by atoms with Crippen molar-refractivity contribution >= 4 is 23.9 Å². The summed E-state index contributed by atoms with van der Waals surface area (Å²) in [6.45, 7) is 0. The Kier molecular flexibility index (Phi) is 374. The predicted molar refractivity (Wildman–Crippen MR) is 16.3 cm³/mol. The number of halogens is 2. The maximum absolute atomic E-state index is 9.00. The summed E-state index contributed by atoms with van der Waals surface area (Å²) in [5.74, 6) is 3.00. The minimum atomic E-state index is 0. The summed E-state index contributed by atoms with van der Waals surface area (Å²) in [7, 11) is 0. The molecule has 28 valence electrons.